The summed E-state index contributed by atoms with van der Waals surface area (Å²) in [5, 5.41) is 6.97. The number of hydrogen-bond donors (Lipinski definition) is 2. The lowest BCUT2D eigenvalue weighted by Crippen LogP contribution is -2.44. The largest absolute Gasteiger partial charge is 0.486 e. The molecule has 1 saturated heterocycles. The van der Waals surface area contributed by atoms with E-state index in [2.05, 4.69) is 33.4 Å². The summed E-state index contributed by atoms with van der Waals surface area (Å²) in [6, 6.07) is 15.2. The van der Waals surface area contributed by atoms with E-state index in [4.69, 9.17) is 9.47 Å². The standard InChI is InChI=1S/C23H24N4O4/c28-22-13-17(15-27(22)18-5-6-20-21(14-18)31-12-11-30-20)25-23(29)24-8-10-26-9-7-16-3-1-2-4-19(16)26/h1-7,9,14,17H,8,10-13,15H2,(H2,24,25,29)/t17-/m1/s1. The number of aromatic nitrogens is 1. The monoisotopic (exact) mass is 420 g/mol. The average Bonchev–Trinajstić information content (AvgIpc) is 3.36. The van der Waals surface area contributed by atoms with Crippen molar-refractivity contribution in [2.45, 2.75) is 19.0 Å². The lowest BCUT2D eigenvalue weighted by atomic mass is 10.2. The summed E-state index contributed by atoms with van der Waals surface area (Å²) in [5.41, 5.74) is 1.89. The normalized spacial score (nSPS) is 17.7. The molecule has 5 rings (SSSR count). The van der Waals surface area contributed by atoms with Gasteiger partial charge in [0, 0.05) is 49.5 Å². The van der Waals surface area contributed by atoms with Gasteiger partial charge in [-0.25, -0.2) is 4.79 Å². The van der Waals surface area contributed by atoms with Crippen molar-refractivity contribution in [3.63, 3.8) is 0 Å². The summed E-state index contributed by atoms with van der Waals surface area (Å²) in [6.07, 6.45) is 2.29. The molecule has 8 heteroatoms. The predicted octanol–water partition coefficient (Wildman–Crippen LogP) is 2.52. The Morgan fingerprint density at radius 1 is 1.06 bits per heavy atom. The number of rotatable bonds is 5. The van der Waals surface area contributed by atoms with Gasteiger partial charge in [-0.15, -0.1) is 0 Å². The van der Waals surface area contributed by atoms with Crippen LogP contribution in [0.15, 0.2) is 54.7 Å². The zero-order chi connectivity index (χ0) is 21.2. The molecule has 2 aliphatic heterocycles. The number of urea groups is 1. The minimum absolute atomic E-state index is 0.0270. The molecule has 0 bridgehead atoms. The Kier molecular flexibility index (Phi) is 5.11. The zero-order valence-electron chi connectivity index (χ0n) is 17.0. The van der Waals surface area contributed by atoms with E-state index in [-0.39, 0.29) is 24.4 Å². The van der Waals surface area contributed by atoms with E-state index >= 15 is 0 Å². The molecule has 1 fully saturated rings. The molecule has 0 spiro atoms. The van der Waals surface area contributed by atoms with Crippen LogP contribution < -0.4 is 25.0 Å². The van der Waals surface area contributed by atoms with Gasteiger partial charge in [0.1, 0.15) is 13.2 Å². The van der Waals surface area contributed by atoms with Gasteiger partial charge < -0.3 is 29.6 Å². The molecule has 3 heterocycles. The molecule has 0 aliphatic carbocycles. The van der Waals surface area contributed by atoms with E-state index in [0.29, 0.717) is 44.3 Å². The first-order chi connectivity index (χ1) is 15.2. The van der Waals surface area contributed by atoms with Crippen LogP contribution in [0.1, 0.15) is 6.42 Å². The van der Waals surface area contributed by atoms with Crippen LogP contribution in [0.5, 0.6) is 11.5 Å². The quantitative estimate of drug-likeness (QED) is 0.664. The highest BCUT2D eigenvalue weighted by Crippen LogP contribution is 2.35. The number of nitrogens with zero attached hydrogens (tertiary/aromatic N) is 2. The highest BCUT2D eigenvalue weighted by atomic mass is 16.6. The third-order valence-electron chi connectivity index (χ3n) is 5.62. The highest BCUT2D eigenvalue weighted by Gasteiger charge is 2.32. The molecule has 0 radical (unpaired) electrons. The van der Waals surface area contributed by atoms with Crippen molar-refractivity contribution in [1.29, 1.82) is 0 Å². The molecule has 31 heavy (non-hydrogen) atoms. The first-order valence-corrected chi connectivity index (χ1v) is 10.5. The van der Waals surface area contributed by atoms with Crippen LogP contribution in [0.4, 0.5) is 10.5 Å². The second kappa shape index (κ2) is 8.22. The van der Waals surface area contributed by atoms with Gasteiger partial charge >= 0.3 is 6.03 Å². The minimum atomic E-state index is -0.265. The van der Waals surface area contributed by atoms with Crippen molar-refractivity contribution >= 4 is 28.5 Å². The number of fused-ring (bicyclic) bond motifs is 2. The Labute approximate surface area is 179 Å². The summed E-state index contributed by atoms with van der Waals surface area (Å²) in [6.45, 7) is 2.61. The Bertz CT molecular complexity index is 1130. The number of ether oxygens (including phenoxy) is 2. The molecule has 2 aromatic carbocycles. The maximum Gasteiger partial charge on any atom is 0.315 e. The summed E-state index contributed by atoms with van der Waals surface area (Å²) in [5.74, 6) is 1.30. The predicted molar refractivity (Wildman–Crippen MR) is 117 cm³/mol. The van der Waals surface area contributed by atoms with Gasteiger partial charge in [-0.2, -0.15) is 0 Å². The van der Waals surface area contributed by atoms with E-state index in [1.807, 2.05) is 36.5 Å². The van der Waals surface area contributed by atoms with Gasteiger partial charge in [0.2, 0.25) is 5.91 Å². The lowest BCUT2D eigenvalue weighted by molar-refractivity contribution is -0.117. The molecule has 8 nitrogen and oxygen atoms in total. The van der Waals surface area contributed by atoms with E-state index in [1.54, 1.807) is 4.90 Å². The number of amides is 3. The topological polar surface area (TPSA) is 84.8 Å². The van der Waals surface area contributed by atoms with Gasteiger partial charge in [0.05, 0.1) is 6.04 Å². The maximum absolute atomic E-state index is 12.5. The number of carbonyl (C=O) groups excluding carboxylic acids is 2. The molecule has 2 N–H and O–H groups in total. The number of nitrogens with one attached hydrogen (secondary N) is 2. The molecule has 0 saturated carbocycles. The van der Waals surface area contributed by atoms with Crippen LogP contribution in [-0.4, -0.2) is 48.9 Å². The summed E-state index contributed by atoms with van der Waals surface area (Å²) < 4.78 is 13.3. The SMILES string of the molecule is O=C(NCCn1ccc2ccccc21)N[C@@H]1CC(=O)N(c2ccc3c(c2)OCCO3)C1. The molecule has 2 aliphatic rings. The molecular weight excluding hydrogens is 396 g/mol. The lowest BCUT2D eigenvalue weighted by Gasteiger charge is -2.22. The molecule has 160 valence electrons. The van der Waals surface area contributed by atoms with Crippen LogP contribution in [0.25, 0.3) is 10.9 Å². The van der Waals surface area contributed by atoms with Crippen molar-refractivity contribution < 1.29 is 19.1 Å². The van der Waals surface area contributed by atoms with Gasteiger partial charge in [0.25, 0.3) is 0 Å². The van der Waals surface area contributed by atoms with Crippen molar-refractivity contribution in [1.82, 2.24) is 15.2 Å². The molecule has 3 amide bonds. The Morgan fingerprint density at radius 2 is 1.90 bits per heavy atom. The number of benzene rings is 2. The zero-order valence-corrected chi connectivity index (χ0v) is 17.0. The molecule has 3 aromatic rings. The number of para-hydroxylation sites is 1. The molecule has 0 unspecified atom stereocenters. The van der Waals surface area contributed by atoms with Crippen molar-refractivity contribution in [3.8, 4) is 11.5 Å². The van der Waals surface area contributed by atoms with Crippen molar-refractivity contribution in [3.05, 3.63) is 54.7 Å². The molecular formula is C23H24N4O4. The van der Waals surface area contributed by atoms with E-state index < -0.39 is 0 Å². The second-order valence-corrected chi connectivity index (χ2v) is 7.70. The fourth-order valence-electron chi connectivity index (χ4n) is 4.12. The number of anilines is 1. The van der Waals surface area contributed by atoms with Gasteiger partial charge in [-0.1, -0.05) is 18.2 Å². The maximum atomic E-state index is 12.5. The van der Waals surface area contributed by atoms with Crippen LogP contribution in [-0.2, 0) is 11.3 Å². The average molecular weight is 420 g/mol. The van der Waals surface area contributed by atoms with Gasteiger partial charge in [0.15, 0.2) is 11.5 Å². The minimum Gasteiger partial charge on any atom is -0.486 e. The van der Waals surface area contributed by atoms with Crippen molar-refractivity contribution in [2.24, 2.45) is 0 Å². The van der Waals surface area contributed by atoms with E-state index in [1.165, 1.54) is 5.39 Å². The Hall–Kier alpha value is -3.68. The molecule has 1 aromatic heterocycles. The van der Waals surface area contributed by atoms with Crippen LogP contribution in [0.3, 0.4) is 0 Å². The van der Waals surface area contributed by atoms with Crippen LogP contribution >= 0.6 is 0 Å². The van der Waals surface area contributed by atoms with Gasteiger partial charge in [-0.3, -0.25) is 4.79 Å². The highest BCUT2D eigenvalue weighted by molar-refractivity contribution is 5.97. The van der Waals surface area contributed by atoms with Crippen LogP contribution in [0, 0.1) is 0 Å². The van der Waals surface area contributed by atoms with Crippen LogP contribution in [0.2, 0.25) is 0 Å². The third-order valence-corrected chi connectivity index (χ3v) is 5.62. The van der Waals surface area contributed by atoms with E-state index in [9.17, 15) is 9.59 Å². The summed E-state index contributed by atoms with van der Waals surface area (Å²) in [7, 11) is 0. The smallest absolute Gasteiger partial charge is 0.315 e. The fourth-order valence-corrected chi connectivity index (χ4v) is 4.12. The third kappa shape index (κ3) is 4.01. The molecule has 1 atom stereocenters. The summed E-state index contributed by atoms with van der Waals surface area (Å²) >= 11 is 0. The Morgan fingerprint density at radius 3 is 2.81 bits per heavy atom. The summed E-state index contributed by atoms with van der Waals surface area (Å²) in [4.78, 5) is 26.5. The number of hydrogen-bond acceptors (Lipinski definition) is 4. The van der Waals surface area contributed by atoms with Crippen molar-refractivity contribution in [2.75, 3.05) is 31.2 Å². The fraction of sp³-hybridized carbons (Fsp3) is 0.304. The van der Waals surface area contributed by atoms with E-state index in [0.717, 1.165) is 11.2 Å². The first-order valence-electron chi connectivity index (χ1n) is 10.5. The number of carbonyl (C=O) groups is 2. The second-order valence-electron chi connectivity index (χ2n) is 7.70. The first kappa shape index (κ1) is 19.3. The Balaban J connectivity index is 1.14. The van der Waals surface area contributed by atoms with Gasteiger partial charge in [-0.05, 0) is 29.7 Å².